The van der Waals surface area contributed by atoms with Gasteiger partial charge in [0.15, 0.2) is 11.4 Å². The number of hydrogen-bond donors (Lipinski definition) is 1. The molecule has 180 valence electrons. The predicted molar refractivity (Wildman–Crippen MR) is 133 cm³/mol. The van der Waals surface area contributed by atoms with Crippen molar-refractivity contribution in [2.75, 3.05) is 43.0 Å². The first-order chi connectivity index (χ1) is 17.3. The number of piperazine rings is 1. The van der Waals surface area contributed by atoms with Crippen LogP contribution in [-0.4, -0.2) is 63.8 Å². The lowest BCUT2D eigenvalue weighted by Crippen LogP contribution is -2.57. The van der Waals surface area contributed by atoms with Gasteiger partial charge in [-0.2, -0.15) is 0 Å². The van der Waals surface area contributed by atoms with Gasteiger partial charge in [-0.15, -0.1) is 0 Å². The minimum atomic E-state index is 0.520. The number of piperidine rings is 1. The maximum atomic E-state index is 6.06. The molecule has 0 radical (unpaired) electrons. The highest BCUT2D eigenvalue weighted by atomic mass is 16.5. The van der Waals surface area contributed by atoms with Crippen LogP contribution in [0.4, 0.5) is 11.6 Å². The highest BCUT2D eigenvalue weighted by molar-refractivity contribution is 5.88. The minimum Gasteiger partial charge on any atom is -0.477 e. The molecule has 2 saturated heterocycles. The molecule has 9 heteroatoms. The van der Waals surface area contributed by atoms with Crippen molar-refractivity contribution in [2.45, 2.75) is 25.4 Å². The molecule has 9 nitrogen and oxygen atoms in total. The molecule has 2 aliphatic rings. The Labute approximate surface area is 204 Å². The number of hydrogen-bond acceptors (Lipinski definition) is 9. The molecule has 5 heterocycles. The van der Waals surface area contributed by atoms with Gasteiger partial charge in [0.1, 0.15) is 12.1 Å². The number of anilines is 2. The van der Waals surface area contributed by atoms with Crippen molar-refractivity contribution >= 4 is 22.6 Å². The van der Waals surface area contributed by atoms with Crippen molar-refractivity contribution in [1.82, 2.24) is 25.0 Å². The van der Waals surface area contributed by atoms with Gasteiger partial charge in [-0.05, 0) is 36.6 Å². The summed E-state index contributed by atoms with van der Waals surface area (Å²) in [6.45, 7) is 5.42. The topological polar surface area (TPSA) is 92.4 Å². The molecule has 1 aromatic carbocycles. The third-order valence-electron chi connectivity index (χ3n) is 6.98. The van der Waals surface area contributed by atoms with E-state index in [4.69, 9.17) is 9.26 Å². The molecule has 0 bridgehead atoms. The van der Waals surface area contributed by atoms with Gasteiger partial charge >= 0.3 is 0 Å². The molecular weight excluding hydrogens is 442 g/mol. The van der Waals surface area contributed by atoms with E-state index in [-0.39, 0.29) is 0 Å². The Morgan fingerprint density at radius 1 is 1.03 bits per heavy atom. The average molecular weight is 472 g/mol. The third kappa shape index (κ3) is 4.90. The van der Waals surface area contributed by atoms with Crippen molar-refractivity contribution in [1.29, 1.82) is 0 Å². The van der Waals surface area contributed by atoms with Crippen LogP contribution in [0, 0.1) is 5.92 Å². The van der Waals surface area contributed by atoms with E-state index in [9.17, 15) is 0 Å². The van der Waals surface area contributed by atoms with Crippen LogP contribution in [-0.2, 0) is 6.54 Å². The summed E-state index contributed by atoms with van der Waals surface area (Å²) >= 11 is 0. The Morgan fingerprint density at radius 3 is 2.89 bits per heavy atom. The second kappa shape index (κ2) is 9.87. The number of ether oxygens (including phenoxy) is 1. The fourth-order valence-corrected chi connectivity index (χ4v) is 5.08. The molecule has 0 spiro atoms. The second-order valence-electron chi connectivity index (χ2n) is 9.30. The molecule has 3 aromatic heterocycles. The molecule has 1 N–H and O–H groups in total. The van der Waals surface area contributed by atoms with Crippen LogP contribution in [0.2, 0.25) is 0 Å². The number of benzene rings is 1. The van der Waals surface area contributed by atoms with E-state index in [2.05, 4.69) is 41.3 Å². The number of para-hydroxylation sites is 1. The van der Waals surface area contributed by atoms with Crippen LogP contribution < -0.4 is 15.0 Å². The van der Waals surface area contributed by atoms with Crippen molar-refractivity contribution in [3.8, 4) is 5.88 Å². The van der Waals surface area contributed by atoms with Crippen molar-refractivity contribution in [3.63, 3.8) is 0 Å². The standard InChI is InChI=1S/C26H29N7O2/c1-2-4-23-22(3-1)26(31-35-23)33-12-11-32-15-20(5-7-21(32)16-33)17-34-25-8-6-19(14-29-25)13-28-24-9-10-27-18-30-24/h1-4,6,8-10,14,18,20-21H,5,7,11-13,15-17H2,(H,27,28,30)/t20-,21+/m1/s1. The third-order valence-corrected chi connectivity index (χ3v) is 6.98. The van der Waals surface area contributed by atoms with E-state index < -0.39 is 0 Å². The van der Waals surface area contributed by atoms with E-state index in [0.29, 0.717) is 31.0 Å². The average Bonchev–Trinajstić information content (AvgIpc) is 3.36. The molecule has 6 rings (SSSR count). The number of pyridine rings is 1. The van der Waals surface area contributed by atoms with Gasteiger partial charge < -0.3 is 19.5 Å². The summed E-state index contributed by atoms with van der Waals surface area (Å²) in [6.07, 6.45) is 7.43. The van der Waals surface area contributed by atoms with Gasteiger partial charge in [-0.1, -0.05) is 23.4 Å². The number of rotatable bonds is 7. The summed E-state index contributed by atoms with van der Waals surface area (Å²) in [5, 5.41) is 8.73. The molecule has 0 saturated carbocycles. The predicted octanol–water partition coefficient (Wildman–Crippen LogP) is 3.60. The molecule has 2 aliphatic heterocycles. The van der Waals surface area contributed by atoms with Crippen LogP contribution in [0.25, 0.3) is 11.0 Å². The summed E-state index contributed by atoms with van der Waals surface area (Å²) in [4.78, 5) is 17.6. The fourth-order valence-electron chi connectivity index (χ4n) is 5.08. The van der Waals surface area contributed by atoms with Gasteiger partial charge in [-0.3, -0.25) is 4.90 Å². The summed E-state index contributed by atoms with van der Waals surface area (Å²) in [5.74, 6) is 2.98. The first-order valence-electron chi connectivity index (χ1n) is 12.2. The first kappa shape index (κ1) is 21.8. The van der Waals surface area contributed by atoms with Crippen LogP contribution in [0.3, 0.4) is 0 Å². The van der Waals surface area contributed by atoms with Crippen molar-refractivity contribution in [3.05, 3.63) is 66.7 Å². The zero-order valence-electron chi connectivity index (χ0n) is 19.6. The van der Waals surface area contributed by atoms with E-state index >= 15 is 0 Å². The number of nitrogens with one attached hydrogen (secondary N) is 1. The zero-order valence-corrected chi connectivity index (χ0v) is 19.6. The Kier molecular flexibility index (Phi) is 6.15. The SMILES string of the molecule is c1ccc2c(N3CCN4C[C@H](COc5ccc(CNc6ccncn6)cn5)CC[C@H]4C3)noc2c1. The van der Waals surface area contributed by atoms with Gasteiger partial charge in [0.25, 0.3) is 0 Å². The molecule has 2 atom stereocenters. The summed E-state index contributed by atoms with van der Waals surface area (Å²) < 4.78 is 11.6. The summed E-state index contributed by atoms with van der Waals surface area (Å²) in [7, 11) is 0. The molecule has 0 amide bonds. The lowest BCUT2D eigenvalue weighted by molar-refractivity contribution is 0.0717. The molecule has 0 aliphatic carbocycles. The van der Waals surface area contributed by atoms with Gasteiger partial charge in [0.2, 0.25) is 5.88 Å². The van der Waals surface area contributed by atoms with Gasteiger partial charge in [0, 0.05) is 63.1 Å². The Hall–Kier alpha value is -3.72. The molecule has 4 aromatic rings. The Balaban J connectivity index is 0.981. The summed E-state index contributed by atoms with van der Waals surface area (Å²) in [6, 6.07) is 14.5. The van der Waals surface area contributed by atoms with Crippen LogP contribution in [0.1, 0.15) is 18.4 Å². The van der Waals surface area contributed by atoms with Crippen LogP contribution in [0.5, 0.6) is 5.88 Å². The fraction of sp³-hybridized carbons (Fsp3) is 0.385. The van der Waals surface area contributed by atoms with Gasteiger partial charge in [0.05, 0.1) is 12.0 Å². The van der Waals surface area contributed by atoms with Crippen molar-refractivity contribution in [2.24, 2.45) is 5.92 Å². The van der Waals surface area contributed by atoms with Gasteiger partial charge in [-0.25, -0.2) is 15.0 Å². The minimum absolute atomic E-state index is 0.520. The Morgan fingerprint density at radius 2 is 2.00 bits per heavy atom. The van der Waals surface area contributed by atoms with E-state index in [1.54, 1.807) is 6.20 Å². The number of fused-ring (bicyclic) bond motifs is 2. The van der Waals surface area contributed by atoms with E-state index in [1.807, 2.05) is 42.6 Å². The highest BCUT2D eigenvalue weighted by Gasteiger charge is 2.34. The number of aromatic nitrogens is 4. The first-order valence-corrected chi connectivity index (χ1v) is 12.2. The summed E-state index contributed by atoms with van der Waals surface area (Å²) in [5.41, 5.74) is 1.93. The molecule has 35 heavy (non-hydrogen) atoms. The smallest absolute Gasteiger partial charge is 0.213 e. The normalized spacial score (nSPS) is 20.5. The van der Waals surface area contributed by atoms with Crippen molar-refractivity contribution < 1.29 is 9.26 Å². The maximum Gasteiger partial charge on any atom is 0.213 e. The lowest BCUT2D eigenvalue weighted by Gasteiger charge is -2.46. The largest absolute Gasteiger partial charge is 0.477 e. The second-order valence-corrected chi connectivity index (χ2v) is 9.30. The lowest BCUT2D eigenvalue weighted by atomic mass is 9.91. The zero-order chi connectivity index (χ0) is 23.5. The van der Waals surface area contributed by atoms with E-state index in [1.165, 1.54) is 12.7 Å². The molecule has 2 fully saturated rings. The van der Waals surface area contributed by atoms with Crippen LogP contribution in [0.15, 0.2) is 65.7 Å². The monoisotopic (exact) mass is 471 g/mol. The molecular formula is C26H29N7O2. The quantitative estimate of drug-likeness (QED) is 0.434. The number of nitrogens with zero attached hydrogens (tertiary/aromatic N) is 6. The molecule has 0 unspecified atom stereocenters. The Bertz CT molecular complexity index is 1250. The maximum absolute atomic E-state index is 6.06. The van der Waals surface area contributed by atoms with E-state index in [0.717, 1.165) is 60.8 Å². The highest BCUT2D eigenvalue weighted by Crippen LogP contribution is 2.31. The van der Waals surface area contributed by atoms with Crippen LogP contribution >= 0.6 is 0 Å².